The highest BCUT2D eigenvalue weighted by Gasteiger charge is 2.20. The van der Waals surface area contributed by atoms with E-state index in [1.165, 1.54) is 135 Å². The van der Waals surface area contributed by atoms with E-state index in [4.69, 9.17) is 4.74 Å². The molecule has 0 aliphatic heterocycles. The Morgan fingerprint density at radius 3 is 1.51 bits per heavy atom. The van der Waals surface area contributed by atoms with Crippen molar-refractivity contribution >= 4 is 11.9 Å². The number of aliphatic hydroxyl groups is 2. The van der Waals surface area contributed by atoms with Gasteiger partial charge >= 0.3 is 5.97 Å². The van der Waals surface area contributed by atoms with E-state index in [1.54, 1.807) is 0 Å². The predicted molar refractivity (Wildman–Crippen MR) is 209 cm³/mol. The first-order chi connectivity index (χ1) is 24.0. The molecule has 0 aromatic carbocycles. The van der Waals surface area contributed by atoms with E-state index in [0.717, 1.165) is 57.8 Å². The van der Waals surface area contributed by atoms with E-state index in [-0.39, 0.29) is 18.5 Å². The molecule has 0 fully saturated rings. The molecule has 0 saturated carbocycles. The van der Waals surface area contributed by atoms with E-state index < -0.39 is 12.1 Å². The lowest BCUT2D eigenvalue weighted by atomic mass is 10.0. The molecule has 0 heterocycles. The van der Waals surface area contributed by atoms with Crippen LogP contribution in [-0.2, 0) is 14.3 Å². The van der Waals surface area contributed by atoms with Gasteiger partial charge in [0.1, 0.15) is 0 Å². The maximum atomic E-state index is 12.3. The number of carbonyl (C=O) groups excluding carboxylic acids is 2. The van der Waals surface area contributed by atoms with Gasteiger partial charge in [-0.15, -0.1) is 0 Å². The Morgan fingerprint density at radius 2 is 0.980 bits per heavy atom. The molecule has 6 nitrogen and oxygen atoms in total. The van der Waals surface area contributed by atoms with Gasteiger partial charge in [0.15, 0.2) is 0 Å². The van der Waals surface area contributed by atoms with Crippen LogP contribution in [-0.4, -0.2) is 47.4 Å². The SMILES string of the molecule is CCCC/C=C\CCCCCCCC(=O)OCCCCCCCCCCCCCCC(=O)NC(CO)C(O)CCCCCCCCCCC. The Hall–Kier alpha value is -1.40. The zero-order chi connectivity index (χ0) is 35.9. The maximum absolute atomic E-state index is 12.3. The van der Waals surface area contributed by atoms with Crippen LogP contribution in [0.15, 0.2) is 12.2 Å². The second-order valence-electron chi connectivity index (χ2n) is 14.7. The fourth-order valence-electron chi connectivity index (χ4n) is 6.44. The Balaban J connectivity index is 3.46. The molecule has 0 spiro atoms. The number of esters is 1. The molecular weight excluding hydrogens is 610 g/mol. The Morgan fingerprint density at radius 1 is 0.551 bits per heavy atom. The van der Waals surface area contributed by atoms with Crippen LogP contribution in [0.4, 0.5) is 0 Å². The molecule has 0 radical (unpaired) electrons. The van der Waals surface area contributed by atoms with Crippen molar-refractivity contribution in [2.75, 3.05) is 13.2 Å². The maximum Gasteiger partial charge on any atom is 0.305 e. The first kappa shape index (κ1) is 47.6. The van der Waals surface area contributed by atoms with Crippen molar-refractivity contribution < 1.29 is 24.5 Å². The van der Waals surface area contributed by atoms with Crippen molar-refractivity contribution in [1.29, 1.82) is 0 Å². The molecule has 3 N–H and O–H groups in total. The van der Waals surface area contributed by atoms with E-state index in [9.17, 15) is 19.8 Å². The monoisotopic (exact) mass is 694 g/mol. The molecule has 290 valence electrons. The van der Waals surface area contributed by atoms with Gasteiger partial charge in [-0.2, -0.15) is 0 Å². The Kier molecular flexibility index (Phi) is 38.3. The molecule has 0 saturated heterocycles. The molecule has 6 heteroatoms. The molecule has 0 rings (SSSR count). The largest absolute Gasteiger partial charge is 0.466 e. The average Bonchev–Trinajstić information content (AvgIpc) is 3.10. The standard InChI is InChI=1S/C43H83NO5/c1-3-5-7-9-11-13-16-21-25-29-33-37-43(48)49-38-34-30-26-22-18-15-14-17-20-24-28-32-36-42(47)44-40(39-45)41(46)35-31-27-23-19-12-10-8-6-4-2/h9,11,40-41,45-46H,3-8,10,12-39H2,1-2H3,(H,44,47)/b11-9-. The number of unbranched alkanes of at least 4 members (excludes halogenated alkanes) is 26. The summed E-state index contributed by atoms with van der Waals surface area (Å²) in [5, 5.41) is 23.0. The van der Waals surface area contributed by atoms with Crippen LogP contribution >= 0.6 is 0 Å². The molecule has 2 unspecified atom stereocenters. The van der Waals surface area contributed by atoms with Crippen LogP contribution < -0.4 is 5.32 Å². The number of carbonyl (C=O) groups is 2. The fraction of sp³-hybridized carbons (Fsp3) is 0.907. The third-order valence-corrected chi connectivity index (χ3v) is 9.81. The van der Waals surface area contributed by atoms with Gasteiger partial charge in [0.05, 0.1) is 25.4 Å². The number of allylic oxidation sites excluding steroid dienone is 2. The number of nitrogens with one attached hydrogen (secondary N) is 1. The topological polar surface area (TPSA) is 95.9 Å². The quantitative estimate of drug-likeness (QED) is 0.0338. The smallest absolute Gasteiger partial charge is 0.305 e. The Labute approximate surface area is 304 Å². The number of hydrogen-bond acceptors (Lipinski definition) is 5. The summed E-state index contributed by atoms with van der Waals surface area (Å²) in [4.78, 5) is 24.3. The summed E-state index contributed by atoms with van der Waals surface area (Å²) in [5.74, 6) is -0.0756. The van der Waals surface area contributed by atoms with E-state index >= 15 is 0 Å². The van der Waals surface area contributed by atoms with Crippen molar-refractivity contribution in [3.05, 3.63) is 12.2 Å². The normalized spacial score (nSPS) is 12.8. The van der Waals surface area contributed by atoms with Gasteiger partial charge in [0.2, 0.25) is 5.91 Å². The molecule has 0 aromatic rings. The molecule has 0 aliphatic rings. The third kappa shape index (κ3) is 36.2. The van der Waals surface area contributed by atoms with Gasteiger partial charge in [-0.05, 0) is 44.9 Å². The summed E-state index contributed by atoms with van der Waals surface area (Å²) >= 11 is 0. The second-order valence-corrected chi connectivity index (χ2v) is 14.7. The van der Waals surface area contributed by atoms with Crippen molar-refractivity contribution in [2.24, 2.45) is 0 Å². The summed E-state index contributed by atoms with van der Waals surface area (Å²) in [5.41, 5.74) is 0. The lowest BCUT2D eigenvalue weighted by Crippen LogP contribution is -2.45. The Bertz CT molecular complexity index is 727. The summed E-state index contributed by atoms with van der Waals surface area (Å²) in [7, 11) is 0. The van der Waals surface area contributed by atoms with Crippen LogP contribution in [0, 0.1) is 0 Å². The van der Waals surface area contributed by atoms with Gasteiger partial charge < -0.3 is 20.3 Å². The van der Waals surface area contributed by atoms with Crippen molar-refractivity contribution in [2.45, 2.75) is 238 Å². The zero-order valence-electron chi connectivity index (χ0n) is 32.7. The van der Waals surface area contributed by atoms with Crippen LogP contribution in [0.5, 0.6) is 0 Å². The fourth-order valence-corrected chi connectivity index (χ4v) is 6.44. The molecule has 0 aliphatic carbocycles. The van der Waals surface area contributed by atoms with Gasteiger partial charge in [-0.1, -0.05) is 180 Å². The molecular formula is C43H83NO5. The molecule has 0 aromatic heterocycles. The third-order valence-electron chi connectivity index (χ3n) is 9.81. The first-order valence-corrected chi connectivity index (χ1v) is 21.4. The highest BCUT2D eigenvalue weighted by molar-refractivity contribution is 5.76. The predicted octanol–water partition coefficient (Wildman–Crippen LogP) is 11.8. The van der Waals surface area contributed by atoms with E-state index in [0.29, 0.717) is 25.9 Å². The number of hydrogen-bond donors (Lipinski definition) is 3. The number of aliphatic hydroxyl groups excluding tert-OH is 2. The average molecular weight is 694 g/mol. The highest BCUT2D eigenvalue weighted by Crippen LogP contribution is 2.15. The molecule has 1 amide bonds. The van der Waals surface area contributed by atoms with Crippen LogP contribution in [0.25, 0.3) is 0 Å². The minimum absolute atomic E-state index is 0.0212. The van der Waals surface area contributed by atoms with Crippen molar-refractivity contribution in [3.8, 4) is 0 Å². The van der Waals surface area contributed by atoms with Crippen LogP contribution in [0.1, 0.15) is 226 Å². The summed E-state index contributed by atoms with van der Waals surface area (Å²) in [6.07, 6.45) is 41.6. The van der Waals surface area contributed by atoms with Gasteiger partial charge in [0, 0.05) is 12.8 Å². The molecule has 49 heavy (non-hydrogen) atoms. The summed E-state index contributed by atoms with van der Waals surface area (Å²) in [6, 6.07) is -0.549. The molecule has 0 bridgehead atoms. The van der Waals surface area contributed by atoms with Crippen molar-refractivity contribution in [1.82, 2.24) is 5.32 Å². The minimum Gasteiger partial charge on any atom is -0.466 e. The zero-order valence-corrected chi connectivity index (χ0v) is 32.7. The van der Waals surface area contributed by atoms with Crippen LogP contribution in [0.2, 0.25) is 0 Å². The number of ether oxygens (including phenoxy) is 1. The lowest BCUT2D eigenvalue weighted by molar-refractivity contribution is -0.143. The van der Waals surface area contributed by atoms with Gasteiger partial charge in [-0.3, -0.25) is 9.59 Å². The van der Waals surface area contributed by atoms with E-state index in [1.807, 2.05) is 0 Å². The number of amides is 1. The first-order valence-electron chi connectivity index (χ1n) is 21.4. The van der Waals surface area contributed by atoms with Gasteiger partial charge in [0.25, 0.3) is 0 Å². The van der Waals surface area contributed by atoms with E-state index in [2.05, 4.69) is 31.3 Å². The van der Waals surface area contributed by atoms with Gasteiger partial charge in [-0.25, -0.2) is 0 Å². The lowest BCUT2D eigenvalue weighted by Gasteiger charge is -2.22. The highest BCUT2D eigenvalue weighted by atomic mass is 16.5. The second kappa shape index (κ2) is 39.4. The summed E-state index contributed by atoms with van der Waals surface area (Å²) in [6.45, 7) is 4.84. The van der Waals surface area contributed by atoms with Crippen molar-refractivity contribution in [3.63, 3.8) is 0 Å². The number of rotatable bonds is 39. The van der Waals surface area contributed by atoms with Crippen LogP contribution in [0.3, 0.4) is 0 Å². The summed E-state index contributed by atoms with van der Waals surface area (Å²) < 4.78 is 5.42. The minimum atomic E-state index is -0.671. The molecule has 2 atom stereocenters.